The molecule has 2 aromatic rings. The number of benzene rings is 1. The second kappa shape index (κ2) is 7.00. The van der Waals surface area contributed by atoms with E-state index in [1.54, 1.807) is 6.20 Å². The van der Waals surface area contributed by atoms with Gasteiger partial charge in [0.15, 0.2) is 6.29 Å². The van der Waals surface area contributed by atoms with Crippen molar-refractivity contribution in [3.05, 3.63) is 60.3 Å². The van der Waals surface area contributed by atoms with Crippen LogP contribution in [0.15, 0.2) is 54.7 Å². The van der Waals surface area contributed by atoms with Gasteiger partial charge in [-0.15, -0.1) is 0 Å². The molecule has 1 aliphatic heterocycles. The third kappa shape index (κ3) is 3.53. The zero-order valence-electron chi connectivity index (χ0n) is 15.5. The summed E-state index contributed by atoms with van der Waals surface area (Å²) in [6, 6.07) is 15.3. The highest BCUT2D eigenvalue weighted by Crippen LogP contribution is 2.41. The van der Waals surface area contributed by atoms with E-state index in [-0.39, 0.29) is 11.3 Å². The fourth-order valence-electron chi connectivity index (χ4n) is 3.75. The monoisotopic (exact) mass is 351 g/mol. The molecule has 5 nitrogen and oxygen atoms in total. The van der Waals surface area contributed by atoms with Gasteiger partial charge < -0.3 is 5.32 Å². The smallest absolute Gasteiger partial charge is 0.212 e. The van der Waals surface area contributed by atoms with Gasteiger partial charge >= 0.3 is 0 Å². The lowest BCUT2D eigenvalue weighted by Gasteiger charge is -2.37. The molecule has 1 aromatic heterocycles. The second-order valence-corrected chi connectivity index (χ2v) is 7.83. The standard InChI is InChI=1S/C21H25N3O2/c1-20(2,3)24-15-21(13-17(24)18(26)14-25,16-9-5-4-6-10-16)23-19-11-7-8-12-22-19/h4-12,14,17H,13,15H2,1-3H3,(H,22,23). The number of hydrogen-bond donors (Lipinski definition) is 1. The number of Topliss-reactive ketones (excluding diaryl/α,β-unsaturated/α-hetero) is 1. The van der Waals surface area contributed by atoms with E-state index < -0.39 is 11.6 Å². The van der Waals surface area contributed by atoms with Gasteiger partial charge in [0.05, 0.1) is 11.6 Å². The maximum absolute atomic E-state index is 12.4. The minimum absolute atomic E-state index is 0.244. The van der Waals surface area contributed by atoms with Crippen LogP contribution in [0.25, 0.3) is 0 Å². The molecule has 1 aromatic carbocycles. The van der Waals surface area contributed by atoms with E-state index in [0.29, 0.717) is 19.3 Å². The first kappa shape index (κ1) is 18.3. The molecule has 2 unspecified atom stereocenters. The van der Waals surface area contributed by atoms with Crippen molar-refractivity contribution in [1.82, 2.24) is 9.88 Å². The molecule has 0 amide bonds. The topological polar surface area (TPSA) is 62.3 Å². The number of rotatable bonds is 5. The molecule has 26 heavy (non-hydrogen) atoms. The van der Waals surface area contributed by atoms with Crippen molar-refractivity contribution < 1.29 is 9.59 Å². The van der Waals surface area contributed by atoms with Crippen LogP contribution in [-0.2, 0) is 15.1 Å². The van der Waals surface area contributed by atoms with Gasteiger partial charge in [-0.05, 0) is 44.9 Å². The fourth-order valence-corrected chi connectivity index (χ4v) is 3.75. The van der Waals surface area contributed by atoms with E-state index in [2.05, 4.69) is 48.1 Å². The normalized spacial score (nSPS) is 23.6. The number of carbonyl (C=O) groups excluding carboxylic acids is 2. The third-order valence-corrected chi connectivity index (χ3v) is 5.02. The number of pyridine rings is 1. The molecule has 1 N–H and O–H groups in total. The van der Waals surface area contributed by atoms with Crippen LogP contribution >= 0.6 is 0 Å². The minimum atomic E-state index is -0.494. The summed E-state index contributed by atoms with van der Waals surface area (Å²) in [6.07, 6.45) is 2.71. The van der Waals surface area contributed by atoms with Gasteiger partial charge in [0.1, 0.15) is 5.82 Å². The average Bonchev–Trinajstić information content (AvgIpc) is 3.04. The molecule has 2 heterocycles. The summed E-state index contributed by atoms with van der Waals surface area (Å²) in [5.41, 5.74) is 0.346. The van der Waals surface area contributed by atoms with E-state index >= 15 is 0 Å². The lowest BCUT2D eigenvalue weighted by molar-refractivity contribution is -0.133. The maximum atomic E-state index is 12.4. The molecule has 0 spiro atoms. The Morgan fingerprint density at radius 2 is 1.88 bits per heavy atom. The summed E-state index contributed by atoms with van der Waals surface area (Å²) < 4.78 is 0. The molecule has 0 saturated carbocycles. The molecule has 0 bridgehead atoms. The molecule has 1 aliphatic rings. The molecule has 0 radical (unpaired) electrons. The predicted octanol–water partition coefficient (Wildman–Crippen LogP) is 3.03. The summed E-state index contributed by atoms with van der Waals surface area (Å²) in [5, 5.41) is 3.56. The third-order valence-electron chi connectivity index (χ3n) is 5.02. The second-order valence-electron chi connectivity index (χ2n) is 7.83. The van der Waals surface area contributed by atoms with Gasteiger partial charge in [-0.2, -0.15) is 0 Å². The van der Waals surface area contributed by atoms with E-state index in [4.69, 9.17) is 0 Å². The number of carbonyl (C=O) groups is 2. The Balaban J connectivity index is 2.06. The van der Waals surface area contributed by atoms with Gasteiger partial charge in [0, 0.05) is 18.3 Å². The van der Waals surface area contributed by atoms with Crippen molar-refractivity contribution in [1.29, 1.82) is 0 Å². The number of anilines is 1. The van der Waals surface area contributed by atoms with Crippen LogP contribution in [0, 0.1) is 0 Å². The zero-order valence-corrected chi connectivity index (χ0v) is 15.5. The van der Waals surface area contributed by atoms with Gasteiger partial charge in [-0.3, -0.25) is 14.5 Å². The van der Waals surface area contributed by atoms with Crippen molar-refractivity contribution in [2.45, 2.75) is 44.3 Å². The molecule has 3 rings (SSSR count). The lowest BCUT2D eigenvalue weighted by Crippen LogP contribution is -2.49. The Labute approximate surface area is 154 Å². The van der Waals surface area contributed by atoms with Crippen molar-refractivity contribution in [3.8, 4) is 0 Å². The summed E-state index contributed by atoms with van der Waals surface area (Å²) in [4.78, 5) is 30.2. The maximum Gasteiger partial charge on any atom is 0.212 e. The Hall–Kier alpha value is -2.53. The number of ketones is 1. The van der Waals surface area contributed by atoms with Crippen molar-refractivity contribution in [2.75, 3.05) is 11.9 Å². The van der Waals surface area contributed by atoms with Crippen LogP contribution < -0.4 is 5.32 Å². The quantitative estimate of drug-likeness (QED) is 0.663. The number of likely N-dealkylation sites (tertiary alicyclic amines) is 1. The first-order chi connectivity index (χ1) is 12.4. The van der Waals surface area contributed by atoms with Crippen molar-refractivity contribution in [2.24, 2.45) is 0 Å². The highest BCUT2D eigenvalue weighted by Gasteiger charge is 2.51. The van der Waals surface area contributed by atoms with E-state index in [0.717, 1.165) is 11.4 Å². The molecule has 0 aliphatic carbocycles. The van der Waals surface area contributed by atoms with Crippen LogP contribution in [0.1, 0.15) is 32.8 Å². The highest BCUT2D eigenvalue weighted by molar-refractivity contribution is 6.27. The van der Waals surface area contributed by atoms with Crippen molar-refractivity contribution in [3.63, 3.8) is 0 Å². The Morgan fingerprint density at radius 1 is 1.19 bits per heavy atom. The SMILES string of the molecule is CC(C)(C)N1CC(Nc2ccccn2)(c2ccccc2)CC1C(=O)C=O. The summed E-state index contributed by atoms with van der Waals surface area (Å²) in [6.45, 7) is 6.82. The number of hydrogen-bond acceptors (Lipinski definition) is 5. The Kier molecular flexibility index (Phi) is 4.92. The van der Waals surface area contributed by atoms with Gasteiger partial charge in [0.25, 0.3) is 0 Å². The molecular weight excluding hydrogens is 326 g/mol. The first-order valence-electron chi connectivity index (χ1n) is 8.86. The molecule has 1 saturated heterocycles. The summed E-state index contributed by atoms with van der Waals surface area (Å²) in [7, 11) is 0. The first-order valence-corrected chi connectivity index (χ1v) is 8.86. The minimum Gasteiger partial charge on any atom is -0.359 e. The van der Waals surface area contributed by atoms with Gasteiger partial charge in [-0.25, -0.2) is 4.98 Å². The average molecular weight is 351 g/mol. The highest BCUT2D eigenvalue weighted by atomic mass is 16.2. The molecule has 2 atom stereocenters. The van der Waals surface area contributed by atoms with Crippen LogP contribution in [0.2, 0.25) is 0 Å². The Bertz CT molecular complexity index is 771. The lowest BCUT2D eigenvalue weighted by atomic mass is 9.86. The molecule has 1 fully saturated rings. The van der Waals surface area contributed by atoms with E-state index in [1.807, 2.05) is 36.4 Å². The van der Waals surface area contributed by atoms with Crippen molar-refractivity contribution >= 4 is 17.9 Å². The number of nitrogens with one attached hydrogen (secondary N) is 1. The number of aromatic nitrogens is 1. The van der Waals surface area contributed by atoms with Crippen LogP contribution in [0.5, 0.6) is 0 Å². The number of aldehydes is 1. The fraction of sp³-hybridized carbons (Fsp3) is 0.381. The largest absolute Gasteiger partial charge is 0.359 e. The van der Waals surface area contributed by atoms with Gasteiger partial charge in [-0.1, -0.05) is 36.4 Å². The number of nitrogens with zero attached hydrogens (tertiary/aromatic N) is 2. The Morgan fingerprint density at radius 3 is 2.46 bits per heavy atom. The van der Waals surface area contributed by atoms with E-state index in [1.165, 1.54) is 0 Å². The molecule has 5 heteroatoms. The van der Waals surface area contributed by atoms with Crippen LogP contribution in [-0.4, -0.2) is 40.1 Å². The van der Waals surface area contributed by atoms with Crippen LogP contribution in [0.3, 0.4) is 0 Å². The van der Waals surface area contributed by atoms with E-state index in [9.17, 15) is 9.59 Å². The molecular formula is C21H25N3O2. The zero-order chi connectivity index (χ0) is 18.8. The summed E-state index contributed by atoms with van der Waals surface area (Å²) in [5.74, 6) is 0.380. The predicted molar refractivity (Wildman–Crippen MR) is 102 cm³/mol. The summed E-state index contributed by atoms with van der Waals surface area (Å²) >= 11 is 0. The molecule has 136 valence electrons. The van der Waals surface area contributed by atoms with Gasteiger partial charge in [0.2, 0.25) is 5.78 Å². The van der Waals surface area contributed by atoms with Crippen LogP contribution in [0.4, 0.5) is 5.82 Å².